The summed E-state index contributed by atoms with van der Waals surface area (Å²) in [5, 5.41) is 1.05. The smallest absolute Gasteiger partial charge is 0.223 e. The van der Waals surface area contributed by atoms with Crippen molar-refractivity contribution < 1.29 is 4.79 Å². The Morgan fingerprint density at radius 1 is 1.06 bits per heavy atom. The van der Waals surface area contributed by atoms with Crippen LogP contribution >= 0.6 is 11.3 Å². The van der Waals surface area contributed by atoms with E-state index in [-0.39, 0.29) is 5.91 Å². The van der Waals surface area contributed by atoms with Gasteiger partial charge in [0, 0.05) is 51.8 Å². The second kappa shape index (κ2) is 8.40. The summed E-state index contributed by atoms with van der Waals surface area (Å²) in [5.41, 5.74) is 5.59. The van der Waals surface area contributed by atoms with Gasteiger partial charge in [0.15, 0.2) is 0 Å². The van der Waals surface area contributed by atoms with Crippen LogP contribution in [-0.2, 0) is 17.8 Å². The maximum Gasteiger partial charge on any atom is 0.223 e. The first-order chi connectivity index (χ1) is 15.1. The summed E-state index contributed by atoms with van der Waals surface area (Å²) in [7, 11) is 0. The molecule has 3 aromatic heterocycles. The van der Waals surface area contributed by atoms with Crippen molar-refractivity contribution >= 4 is 33.1 Å². The second-order valence-corrected chi connectivity index (χ2v) is 9.42. The number of piperazine rings is 1. The lowest BCUT2D eigenvalue weighted by molar-refractivity contribution is -0.133. The number of thiazole rings is 1. The van der Waals surface area contributed by atoms with E-state index in [0.717, 1.165) is 61.0 Å². The van der Waals surface area contributed by atoms with Gasteiger partial charge >= 0.3 is 0 Å². The lowest BCUT2D eigenvalue weighted by Crippen LogP contribution is -2.48. The fraction of sp³-hybridized carbons (Fsp3) is 0.375. The van der Waals surface area contributed by atoms with Gasteiger partial charge in [0.25, 0.3) is 0 Å². The van der Waals surface area contributed by atoms with Crippen LogP contribution in [0.25, 0.3) is 15.9 Å². The molecule has 1 amide bonds. The zero-order valence-electron chi connectivity index (χ0n) is 18.0. The highest BCUT2D eigenvalue weighted by Gasteiger charge is 2.22. The number of rotatable bonds is 5. The Morgan fingerprint density at radius 3 is 2.68 bits per heavy atom. The lowest BCUT2D eigenvalue weighted by atomic mass is 10.2. The van der Waals surface area contributed by atoms with Crippen molar-refractivity contribution in [3.8, 4) is 0 Å². The van der Waals surface area contributed by atoms with Gasteiger partial charge in [0.2, 0.25) is 5.91 Å². The minimum absolute atomic E-state index is 0.236. The molecule has 0 radical (unpaired) electrons. The first-order valence-corrected chi connectivity index (χ1v) is 11.7. The zero-order valence-corrected chi connectivity index (χ0v) is 18.9. The van der Waals surface area contributed by atoms with Gasteiger partial charge in [-0.1, -0.05) is 12.1 Å². The molecule has 4 heterocycles. The number of aromatic nitrogens is 3. The van der Waals surface area contributed by atoms with Gasteiger partial charge in [-0.2, -0.15) is 0 Å². The van der Waals surface area contributed by atoms with E-state index >= 15 is 0 Å². The van der Waals surface area contributed by atoms with Gasteiger partial charge in [-0.15, -0.1) is 11.3 Å². The highest BCUT2D eigenvalue weighted by molar-refractivity contribution is 7.18. The lowest BCUT2D eigenvalue weighted by Gasteiger charge is -2.34. The van der Waals surface area contributed by atoms with Crippen molar-refractivity contribution in [3.05, 3.63) is 64.6 Å². The number of pyridine rings is 1. The van der Waals surface area contributed by atoms with Crippen molar-refractivity contribution in [2.45, 2.75) is 33.2 Å². The van der Waals surface area contributed by atoms with Crippen molar-refractivity contribution in [2.24, 2.45) is 0 Å². The summed E-state index contributed by atoms with van der Waals surface area (Å²) in [6, 6.07) is 12.4. The average molecular weight is 434 g/mol. The number of para-hydroxylation sites is 1. The Balaban J connectivity index is 1.16. The number of carbonyl (C=O) groups is 1. The van der Waals surface area contributed by atoms with E-state index < -0.39 is 0 Å². The number of aryl methyl sites for hydroxylation is 3. The first-order valence-electron chi connectivity index (χ1n) is 10.9. The molecule has 160 valence electrons. The first kappa shape index (κ1) is 20.2. The summed E-state index contributed by atoms with van der Waals surface area (Å²) in [6.45, 7) is 8.40. The van der Waals surface area contributed by atoms with Crippen LogP contribution in [0.15, 0.2) is 42.6 Å². The maximum atomic E-state index is 12.7. The number of nitrogens with zero attached hydrogens (tertiary/aromatic N) is 5. The molecule has 0 N–H and O–H groups in total. The molecule has 0 saturated carbocycles. The van der Waals surface area contributed by atoms with E-state index in [1.807, 2.05) is 23.1 Å². The SMILES string of the molecule is Cc1ccn2c(CN3CCN(C(=O)CCc4nc5ccccc5s4)CC3)c(C)nc2c1. The van der Waals surface area contributed by atoms with Crippen LogP contribution in [0.1, 0.15) is 28.4 Å². The zero-order chi connectivity index (χ0) is 21.4. The highest BCUT2D eigenvalue weighted by atomic mass is 32.1. The van der Waals surface area contributed by atoms with Crippen LogP contribution in [-0.4, -0.2) is 56.3 Å². The Labute approximate surface area is 186 Å². The van der Waals surface area contributed by atoms with Gasteiger partial charge < -0.3 is 9.30 Å². The molecule has 1 aliphatic rings. The van der Waals surface area contributed by atoms with E-state index in [4.69, 9.17) is 4.98 Å². The van der Waals surface area contributed by atoms with Gasteiger partial charge in [-0.25, -0.2) is 9.97 Å². The summed E-state index contributed by atoms with van der Waals surface area (Å²) >= 11 is 1.69. The summed E-state index contributed by atoms with van der Waals surface area (Å²) < 4.78 is 3.38. The summed E-state index contributed by atoms with van der Waals surface area (Å²) in [5.74, 6) is 0.236. The molecule has 1 aromatic carbocycles. The molecule has 0 aliphatic carbocycles. The van der Waals surface area contributed by atoms with E-state index in [1.54, 1.807) is 11.3 Å². The van der Waals surface area contributed by atoms with Crippen LogP contribution in [0.5, 0.6) is 0 Å². The highest BCUT2D eigenvalue weighted by Crippen LogP contribution is 2.23. The molecular weight excluding hydrogens is 406 g/mol. The number of amides is 1. The van der Waals surface area contributed by atoms with E-state index in [1.165, 1.54) is 16.0 Å². The molecule has 6 nitrogen and oxygen atoms in total. The average Bonchev–Trinajstić information content (AvgIpc) is 3.32. The van der Waals surface area contributed by atoms with Crippen LogP contribution in [0.4, 0.5) is 0 Å². The maximum absolute atomic E-state index is 12.7. The van der Waals surface area contributed by atoms with E-state index in [0.29, 0.717) is 6.42 Å². The molecule has 0 bridgehead atoms. The number of hydrogen-bond donors (Lipinski definition) is 0. The predicted molar refractivity (Wildman–Crippen MR) is 124 cm³/mol. The number of imidazole rings is 1. The molecule has 1 aliphatic heterocycles. The monoisotopic (exact) mass is 433 g/mol. The third-order valence-corrected chi connectivity index (χ3v) is 7.17. The minimum Gasteiger partial charge on any atom is -0.340 e. The fourth-order valence-electron chi connectivity index (χ4n) is 4.27. The molecular formula is C24H27N5OS. The largest absolute Gasteiger partial charge is 0.340 e. The molecule has 31 heavy (non-hydrogen) atoms. The number of fused-ring (bicyclic) bond motifs is 2. The summed E-state index contributed by atoms with van der Waals surface area (Å²) in [4.78, 5) is 26.5. The van der Waals surface area contributed by atoms with Crippen LogP contribution in [0.3, 0.4) is 0 Å². The predicted octanol–water partition coefficient (Wildman–Crippen LogP) is 3.84. The van der Waals surface area contributed by atoms with Crippen LogP contribution in [0, 0.1) is 13.8 Å². The standard InChI is InChI=1S/C24H27N5OS/c1-17-9-10-29-20(18(2)25-22(29)15-17)16-27-11-13-28(14-12-27)24(30)8-7-23-26-19-5-3-4-6-21(19)31-23/h3-6,9-10,15H,7-8,11-14,16H2,1-2H3. The summed E-state index contributed by atoms with van der Waals surface area (Å²) in [6.07, 6.45) is 3.37. The van der Waals surface area contributed by atoms with Crippen molar-refractivity contribution in [1.82, 2.24) is 24.2 Å². The topological polar surface area (TPSA) is 53.7 Å². The van der Waals surface area contributed by atoms with Crippen LogP contribution in [0.2, 0.25) is 0 Å². The fourth-order valence-corrected chi connectivity index (χ4v) is 5.24. The van der Waals surface area contributed by atoms with E-state index in [9.17, 15) is 4.79 Å². The second-order valence-electron chi connectivity index (χ2n) is 8.31. The van der Waals surface area contributed by atoms with Gasteiger partial charge in [-0.3, -0.25) is 9.69 Å². The number of benzene rings is 1. The number of hydrogen-bond acceptors (Lipinski definition) is 5. The molecule has 0 spiro atoms. The quantitative estimate of drug-likeness (QED) is 0.480. The molecule has 1 fully saturated rings. The Morgan fingerprint density at radius 2 is 1.87 bits per heavy atom. The normalized spacial score (nSPS) is 15.2. The van der Waals surface area contributed by atoms with Crippen molar-refractivity contribution in [3.63, 3.8) is 0 Å². The Hall–Kier alpha value is -2.77. The van der Waals surface area contributed by atoms with Gasteiger partial charge in [0.1, 0.15) is 5.65 Å². The molecule has 0 unspecified atom stereocenters. The third-order valence-electron chi connectivity index (χ3n) is 6.07. The van der Waals surface area contributed by atoms with Crippen molar-refractivity contribution in [2.75, 3.05) is 26.2 Å². The van der Waals surface area contributed by atoms with Crippen molar-refractivity contribution in [1.29, 1.82) is 0 Å². The third kappa shape index (κ3) is 4.20. The Bertz CT molecular complexity index is 1200. The molecule has 5 rings (SSSR count). The Kier molecular flexibility index (Phi) is 5.46. The minimum atomic E-state index is 0.236. The van der Waals surface area contributed by atoms with Crippen LogP contribution < -0.4 is 0 Å². The molecule has 1 saturated heterocycles. The van der Waals surface area contributed by atoms with E-state index in [2.05, 4.69) is 52.5 Å². The number of carbonyl (C=O) groups excluding carboxylic acids is 1. The molecule has 7 heteroatoms. The van der Waals surface area contributed by atoms with Gasteiger partial charge in [-0.05, 0) is 43.7 Å². The van der Waals surface area contributed by atoms with Gasteiger partial charge in [0.05, 0.1) is 26.6 Å². The molecule has 4 aromatic rings. The molecule has 0 atom stereocenters.